The van der Waals surface area contributed by atoms with Gasteiger partial charge in [-0.15, -0.1) is 0 Å². The molecule has 1 aromatic carbocycles. The first kappa shape index (κ1) is 17.2. The van der Waals surface area contributed by atoms with Crippen LogP contribution in [0.2, 0.25) is 0 Å². The lowest BCUT2D eigenvalue weighted by atomic mass is 10.0. The number of amides is 2. The normalized spacial score (nSPS) is 11.8. The third-order valence-corrected chi connectivity index (χ3v) is 3.62. The highest BCUT2D eigenvalue weighted by Crippen LogP contribution is 2.13. The smallest absolute Gasteiger partial charge is 0.311 e. The Labute approximate surface area is 127 Å². The molecule has 0 aromatic heterocycles. The van der Waals surface area contributed by atoms with Crippen molar-refractivity contribution in [3.05, 3.63) is 35.4 Å². The number of unbranched alkanes of at least 4 members (excludes halogenated alkanes) is 1. The number of aryl methyl sites for hydroxylation is 1. The second kappa shape index (κ2) is 8.45. The molecule has 0 aliphatic rings. The maximum Gasteiger partial charge on any atom is 0.311 e. The number of hydrogen-bond donors (Lipinski definition) is 1. The van der Waals surface area contributed by atoms with Gasteiger partial charge in [-0.25, -0.2) is 0 Å². The van der Waals surface area contributed by atoms with Gasteiger partial charge in [-0.3, -0.25) is 9.59 Å². The summed E-state index contributed by atoms with van der Waals surface area (Å²) in [6.07, 6.45) is 2.89. The molecule has 1 rings (SSSR count). The average Bonchev–Trinajstić information content (AvgIpc) is 2.51. The van der Waals surface area contributed by atoms with Crippen molar-refractivity contribution >= 4 is 11.8 Å². The summed E-state index contributed by atoms with van der Waals surface area (Å²) >= 11 is 0. The highest BCUT2D eigenvalue weighted by atomic mass is 16.2. The molecule has 0 aliphatic heterocycles. The number of carbonyl (C=O) groups is 2. The Balaban J connectivity index is 2.58. The van der Waals surface area contributed by atoms with Crippen LogP contribution >= 0.6 is 0 Å². The van der Waals surface area contributed by atoms with Crippen molar-refractivity contribution in [1.82, 2.24) is 10.2 Å². The van der Waals surface area contributed by atoms with Crippen LogP contribution in [-0.4, -0.2) is 30.3 Å². The van der Waals surface area contributed by atoms with Gasteiger partial charge in [0.1, 0.15) is 0 Å². The van der Waals surface area contributed by atoms with Crippen molar-refractivity contribution < 1.29 is 9.59 Å². The molecule has 4 nitrogen and oxygen atoms in total. The summed E-state index contributed by atoms with van der Waals surface area (Å²) in [6.45, 7) is 6.66. The molecular formula is C17H26N2O2. The van der Waals surface area contributed by atoms with Crippen LogP contribution < -0.4 is 5.32 Å². The third-order valence-electron chi connectivity index (χ3n) is 3.62. The van der Waals surface area contributed by atoms with Crippen LogP contribution in [0.25, 0.3) is 0 Å². The molecule has 0 aliphatic carbocycles. The molecular weight excluding hydrogens is 264 g/mol. The highest BCUT2D eigenvalue weighted by Gasteiger charge is 2.20. The first-order valence-electron chi connectivity index (χ1n) is 7.64. The van der Waals surface area contributed by atoms with E-state index in [2.05, 4.69) is 19.2 Å². The Morgan fingerprint density at radius 2 is 1.81 bits per heavy atom. The largest absolute Gasteiger partial charge is 0.341 e. The summed E-state index contributed by atoms with van der Waals surface area (Å²) in [5.41, 5.74) is 2.26. The van der Waals surface area contributed by atoms with Crippen LogP contribution in [0.15, 0.2) is 24.3 Å². The van der Waals surface area contributed by atoms with E-state index in [0.29, 0.717) is 6.54 Å². The van der Waals surface area contributed by atoms with Gasteiger partial charge in [0.15, 0.2) is 0 Å². The second-order valence-electron chi connectivity index (χ2n) is 5.37. The van der Waals surface area contributed by atoms with Crippen LogP contribution in [0.3, 0.4) is 0 Å². The van der Waals surface area contributed by atoms with Crippen molar-refractivity contribution in [1.29, 1.82) is 0 Å². The summed E-state index contributed by atoms with van der Waals surface area (Å²) in [7, 11) is 1.66. The van der Waals surface area contributed by atoms with E-state index in [1.54, 1.807) is 7.05 Å². The topological polar surface area (TPSA) is 49.4 Å². The molecule has 21 heavy (non-hydrogen) atoms. The van der Waals surface area contributed by atoms with Gasteiger partial charge >= 0.3 is 11.8 Å². The van der Waals surface area contributed by atoms with Gasteiger partial charge < -0.3 is 10.2 Å². The van der Waals surface area contributed by atoms with Crippen LogP contribution in [0.4, 0.5) is 0 Å². The van der Waals surface area contributed by atoms with E-state index in [9.17, 15) is 9.59 Å². The molecule has 0 saturated heterocycles. The minimum absolute atomic E-state index is 0.174. The molecule has 0 radical (unpaired) electrons. The summed E-state index contributed by atoms with van der Waals surface area (Å²) in [4.78, 5) is 25.4. The van der Waals surface area contributed by atoms with Crippen LogP contribution in [0, 0.1) is 0 Å². The van der Waals surface area contributed by atoms with E-state index < -0.39 is 11.8 Å². The second-order valence-corrected chi connectivity index (χ2v) is 5.37. The summed E-state index contributed by atoms with van der Waals surface area (Å²) in [6, 6.07) is 7.91. The maximum atomic E-state index is 12.0. The monoisotopic (exact) mass is 290 g/mol. The fraction of sp³-hybridized carbons (Fsp3) is 0.529. The molecule has 0 bridgehead atoms. The zero-order chi connectivity index (χ0) is 15.8. The highest BCUT2D eigenvalue weighted by molar-refractivity contribution is 6.35. The average molecular weight is 290 g/mol. The number of benzene rings is 1. The van der Waals surface area contributed by atoms with Crippen molar-refractivity contribution in [3.63, 3.8) is 0 Å². The summed E-state index contributed by atoms with van der Waals surface area (Å²) in [5, 5.41) is 2.76. The van der Waals surface area contributed by atoms with E-state index >= 15 is 0 Å². The molecule has 1 N–H and O–H groups in total. The summed E-state index contributed by atoms with van der Waals surface area (Å²) in [5.74, 6) is -1.01. The van der Waals surface area contributed by atoms with Gasteiger partial charge in [-0.05, 0) is 30.9 Å². The lowest BCUT2D eigenvalue weighted by Gasteiger charge is -2.19. The zero-order valence-electron chi connectivity index (χ0n) is 13.5. The minimum Gasteiger partial charge on any atom is -0.341 e. The molecule has 0 saturated carbocycles. The minimum atomic E-state index is -0.541. The van der Waals surface area contributed by atoms with Gasteiger partial charge in [0.25, 0.3) is 0 Å². The first-order chi connectivity index (χ1) is 9.99. The van der Waals surface area contributed by atoms with Gasteiger partial charge in [0, 0.05) is 13.6 Å². The number of rotatable bonds is 6. The Morgan fingerprint density at radius 3 is 2.33 bits per heavy atom. The van der Waals surface area contributed by atoms with Gasteiger partial charge in [-0.1, -0.05) is 44.5 Å². The quantitative estimate of drug-likeness (QED) is 0.819. The predicted octanol–water partition coefficient (Wildman–Crippen LogP) is 2.68. The molecule has 0 heterocycles. The number of nitrogens with one attached hydrogen (secondary N) is 1. The number of hydrogen-bond acceptors (Lipinski definition) is 2. The van der Waals surface area contributed by atoms with E-state index in [0.717, 1.165) is 24.8 Å². The molecule has 0 spiro atoms. The van der Waals surface area contributed by atoms with Crippen LogP contribution in [-0.2, 0) is 16.0 Å². The Kier molecular flexibility index (Phi) is 6.92. The standard InChI is InChI=1S/C17H26N2O2/c1-5-7-12-19(4)17(21)16(20)18-13(3)15-10-8-14(6-2)9-11-15/h8-11,13H,5-7,12H2,1-4H3,(H,18,20). The van der Waals surface area contributed by atoms with Crippen LogP contribution in [0.5, 0.6) is 0 Å². The lowest BCUT2D eigenvalue weighted by molar-refractivity contribution is -0.145. The van der Waals surface area contributed by atoms with E-state index in [-0.39, 0.29) is 6.04 Å². The van der Waals surface area contributed by atoms with Gasteiger partial charge in [0.2, 0.25) is 0 Å². The Hall–Kier alpha value is -1.84. The fourth-order valence-corrected chi connectivity index (χ4v) is 2.05. The SMILES string of the molecule is CCCCN(C)C(=O)C(=O)NC(C)c1ccc(CC)cc1. The van der Waals surface area contributed by atoms with Crippen LogP contribution in [0.1, 0.15) is 50.8 Å². The molecule has 1 atom stereocenters. The summed E-state index contributed by atoms with van der Waals surface area (Å²) < 4.78 is 0. The Morgan fingerprint density at radius 1 is 1.19 bits per heavy atom. The number of nitrogens with zero attached hydrogens (tertiary/aromatic N) is 1. The predicted molar refractivity (Wildman–Crippen MR) is 84.9 cm³/mol. The zero-order valence-corrected chi connectivity index (χ0v) is 13.5. The van der Waals surface area contributed by atoms with Gasteiger partial charge in [-0.2, -0.15) is 0 Å². The first-order valence-corrected chi connectivity index (χ1v) is 7.64. The van der Waals surface area contributed by atoms with Gasteiger partial charge in [0.05, 0.1) is 6.04 Å². The maximum absolute atomic E-state index is 12.0. The molecule has 1 unspecified atom stereocenters. The van der Waals surface area contributed by atoms with Crippen molar-refractivity contribution in [3.8, 4) is 0 Å². The molecule has 4 heteroatoms. The van der Waals surface area contributed by atoms with Crippen molar-refractivity contribution in [2.24, 2.45) is 0 Å². The van der Waals surface area contributed by atoms with E-state index in [4.69, 9.17) is 0 Å². The Bertz CT molecular complexity index is 468. The molecule has 0 fully saturated rings. The molecule has 116 valence electrons. The number of carbonyl (C=O) groups excluding carboxylic acids is 2. The van der Waals surface area contributed by atoms with E-state index in [1.807, 2.05) is 31.2 Å². The fourth-order valence-electron chi connectivity index (χ4n) is 2.05. The van der Waals surface area contributed by atoms with Crippen molar-refractivity contribution in [2.75, 3.05) is 13.6 Å². The van der Waals surface area contributed by atoms with Crippen molar-refractivity contribution in [2.45, 2.75) is 46.1 Å². The number of likely N-dealkylation sites (N-methyl/N-ethyl adjacent to an activating group) is 1. The lowest BCUT2D eigenvalue weighted by Crippen LogP contribution is -2.42. The molecule has 2 amide bonds. The molecule has 1 aromatic rings. The third kappa shape index (κ3) is 5.21. The van der Waals surface area contributed by atoms with E-state index in [1.165, 1.54) is 10.5 Å².